The number of hydrogen-bond acceptors (Lipinski definition) is 1. The molecule has 0 saturated carbocycles. The summed E-state index contributed by atoms with van der Waals surface area (Å²) in [5.74, 6) is -0.775. The number of nitrogens with zero attached hydrogens (tertiary/aromatic N) is 1. The number of hydrogen-bond donors (Lipinski definition) is 1. The Morgan fingerprint density at radius 3 is 2.25 bits per heavy atom. The third kappa shape index (κ3) is 0.685. The van der Waals surface area contributed by atoms with Crippen LogP contribution in [0.4, 0.5) is 8.78 Å². The van der Waals surface area contributed by atoms with Crippen molar-refractivity contribution in [2.45, 2.75) is 6.92 Å². The maximum absolute atomic E-state index is 12.0. The zero-order valence-corrected chi connectivity index (χ0v) is 4.20. The number of nitrogens with one attached hydrogen (secondary N) is 1. The monoisotopic (exact) mass is 118 g/mol. The molecule has 4 heteroatoms. The first-order valence-electron chi connectivity index (χ1n) is 2.08. The summed E-state index contributed by atoms with van der Waals surface area (Å²) in [6.07, 6.45) is -0.875. The molecule has 0 aliphatic carbocycles. The summed E-state index contributed by atoms with van der Waals surface area (Å²) in [7, 11) is 0. The Hall–Kier alpha value is -0.930. The van der Waals surface area contributed by atoms with Crippen LogP contribution in [0.1, 0.15) is 5.69 Å². The number of halogens is 2. The third-order valence-electron chi connectivity index (χ3n) is 0.796. The van der Waals surface area contributed by atoms with Crippen LogP contribution in [0.5, 0.6) is 0 Å². The number of H-pyrrole nitrogens is 1. The lowest BCUT2D eigenvalue weighted by Crippen LogP contribution is -1.73. The first kappa shape index (κ1) is 5.21. The van der Waals surface area contributed by atoms with Crippen molar-refractivity contribution in [2.24, 2.45) is 0 Å². The zero-order chi connectivity index (χ0) is 6.15. The van der Waals surface area contributed by atoms with Crippen LogP contribution in [0.3, 0.4) is 0 Å². The van der Waals surface area contributed by atoms with Gasteiger partial charge in [-0.1, -0.05) is 0 Å². The molecule has 1 rings (SSSR count). The molecule has 1 aromatic rings. The van der Waals surface area contributed by atoms with E-state index in [1.54, 1.807) is 0 Å². The van der Waals surface area contributed by atoms with E-state index in [1.807, 2.05) is 0 Å². The normalized spacial score (nSPS) is 9.88. The fourth-order valence-electron chi connectivity index (χ4n) is 0.404. The summed E-state index contributed by atoms with van der Waals surface area (Å²) in [5, 5.41) is 0. The minimum Gasteiger partial charge on any atom is -0.316 e. The molecule has 0 saturated heterocycles. The average molecular weight is 118 g/mol. The molecule has 0 atom stereocenters. The fraction of sp³-hybridized carbons (Fsp3) is 0.250. The Labute approximate surface area is 44.6 Å². The Morgan fingerprint density at radius 2 is 2.12 bits per heavy atom. The maximum atomic E-state index is 12.0. The highest BCUT2D eigenvalue weighted by Crippen LogP contribution is 1.98. The molecule has 0 radical (unpaired) electrons. The first-order chi connectivity index (χ1) is 3.70. The molecule has 0 amide bonds. The Bertz CT molecular complexity index is 174. The molecular formula is C4H4F2N2. The van der Waals surface area contributed by atoms with E-state index in [0.29, 0.717) is 0 Å². The summed E-state index contributed by atoms with van der Waals surface area (Å²) in [5.41, 5.74) is 0.127. The summed E-state index contributed by atoms with van der Waals surface area (Å²) < 4.78 is 23.7. The standard InChI is InChI=1S/C4H4F2N2/c1-2-3(5)8-4(6)7-2/h1H3,(H,7,8). The van der Waals surface area contributed by atoms with Crippen molar-refractivity contribution < 1.29 is 8.78 Å². The molecule has 0 aromatic carbocycles. The smallest absolute Gasteiger partial charge is 0.289 e. The lowest BCUT2D eigenvalue weighted by molar-refractivity contribution is 0.519. The van der Waals surface area contributed by atoms with Gasteiger partial charge in [0, 0.05) is 0 Å². The average Bonchev–Trinajstić information content (AvgIpc) is 1.85. The second kappa shape index (κ2) is 1.54. The van der Waals surface area contributed by atoms with E-state index in [0.717, 1.165) is 0 Å². The van der Waals surface area contributed by atoms with Gasteiger partial charge in [0.1, 0.15) is 0 Å². The predicted octanol–water partition coefficient (Wildman–Crippen LogP) is 0.996. The van der Waals surface area contributed by atoms with Gasteiger partial charge in [-0.05, 0) is 6.92 Å². The lowest BCUT2D eigenvalue weighted by atomic mass is 10.6. The van der Waals surface area contributed by atoms with Crippen molar-refractivity contribution >= 4 is 0 Å². The molecule has 0 spiro atoms. The topological polar surface area (TPSA) is 28.7 Å². The number of imidazole rings is 1. The molecule has 1 aromatic heterocycles. The van der Waals surface area contributed by atoms with Gasteiger partial charge in [0.15, 0.2) is 0 Å². The molecular weight excluding hydrogens is 114 g/mol. The molecule has 1 heterocycles. The van der Waals surface area contributed by atoms with Crippen molar-refractivity contribution in [2.75, 3.05) is 0 Å². The van der Waals surface area contributed by atoms with Gasteiger partial charge in [-0.2, -0.15) is 13.8 Å². The Morgan fingerprint density at radius 1 is 1.50 bits per heavy atom. The van der Waals surface area contributed by atoms with Gasteiger partial charge in [0.25, 0.3) is 6.08 Å². The van der Waals surface area contributed by atoms with Crippen LogP contribution in [0.25, 0.3) is 0 Å². The van der Waals surface area contributed by atoms with Crippen molar-refractivity contribution in [3.05, 3.63) is 17.7 Å². The highest BCUT2D eigenvalue weighted by Gasteiger charge is 2.01. The molecule has 44 valence electrons. The molecule has 0 fully saturated rings. The minimum absolute atomic E-state index is 0.127. The molecule has 8 heavy (non-hydrogen) atoms. The number of rotatable bonds is 0. The van der Waals surface area contributed by atoms with Gasteiger partial charge in [-0.3, -0.25) is 0 Å². The summed E-state index contributed by atoms with van der Waals surface area (Å²) in [6.45, 7) is 1.41. The largest absolute Gasteiger partial charge is 0.316 e. The Kier molecular flexibility index (Phi) is 1.00. The van der Waals surface area contributed by atoms with Crippen molar-refractivity contribution in [3.8, 4) is 0 Å². The summed E-state index contributed by atoms with van der Waals surface area (Å²) in [4.78, 5) is 4.88. The van der Waals surface area contributed by atoms with E-state index in [4.69, 9.17) is 0 Å². The van der Waals surface area contributed by atoms with Crippen LogP contribution in [0.2, 0.25) is 0 Å². The van der Waals surface area contributed by atoms with Crippen LogP contribution in [-0.4, -0.2) is 9.97 Å². The van der Waals surface area contributed by atoms with E-state index in [9.17, 15) is 8.78 Å². The van der Waals surface area contributed by atoms with Crippen molar-refractivity contribution in [1.29, 1.82) is 0 Å². The van der Waals surface area contributed by atoms with Crippen molar-refractivity contribution in [3.63, 3.8) is 0 Å². The van der Waals surface area contributed by atoms with Gasteiger partial charge in [0.05, 0.1) is 5.69 Å². The van der Waals surface area contributed by atoms with Crippen LogP contribution in [0.15, 0.2) is 0 Å². The van der Waals surface area contributed by atoms with Gasteiger partial charge < -0.3 is 4.98 Å². The van der Waals surface area contributed by atoms with E-state index in [1.165, 1.54) is 6.92 Å². The van der Waals surface area contributed by atoms with Crippen LogP contribution >= 0.6 is 0 Å². The fourth-order valence-corrected chi connectivity index (χ4v) is 0.404. The van der Waals surface area contributed by atoms with Crippen molar-refractivity contribution in [1.82, 2.24) is 9.97 Å². The van der Waals surface area contributed by atoms with E-state index in [2.05, 4.69) is 9.97 Å². The van der Waals surface area contributed by atoms with E-state index < -0.39 is 12.0 Å². The zero-order valence-electron chi connectivity index (χ0n) is 4.20. The minimum atomic E-state index is -0.875. The van der Waals surface area contributed by atoms with Gasteiger partial charge >= 0.3 is 0 Å². The third-order valence-corrected chi connectivity index (χ3v) is 0.796. The predicted molar refractivity (Wildman–Crippen MR) is 23.2 cm³/mol. The van der Waals surface area contributed by atoms with Gasteiger partial charge in [0.2, 0.25) is 5.95 Å². The van der Waals surface area contributed by atoms with Gasteiger partial charge in [-0.15, -0.1) is 0 Å². The number of aryl methyl sites for hydroxylation is 1. The molecule has 1 N–H and O–H groups in total. The van der Waals surface area contributed by atoms with Gasteiger partial charge in [-0.25, -0.2) is 0 Å². The second-order valence-electron chi connectivity index (χ2n) is 1.44. The number of aromatic amines is 1. The van der Waals surface area contributed by atoms with Crippen LogP contribution in [0, 0.1) is 18.9 Å². The lowest BCUT2D eigenvalue weighted by Gasteiger charge is -1.74. The maximum Gasteiger partial charge on any atom is 0.289 e. The molecule has 0 aliphatic heterocycles. The highest BCUT2D eigenvalue weighted by molar-refractivity contribution is 4.93. The molecule has 2 nitrogen and oxygen atoms in total. The molecule has 0 bridgehead atoms. The first-order valence-corrected chi connectivity index (χ1v) is 2.08. The Balaban J connectivity index is 3.14. The molecule has 0 aliphatic rings. The second-order valence-corrected chi connectivity index (χ2v) is 1.44. The highest BCUT2D eigenvalue weighted by atomic mass is 19.1. The van der Waals surface area contributed by atoms with Crippen LogP contribution < -0.4 is 0 Å². The van der Waals surface area contributed by atoms with Crippen LogP contribution in [-0.2, 0) is 0 Å². The van der Waals surface area contributed by atoms with E-state index >= 15 is 0 Å². The quantitative estimate of drug-likeness (QED) is 0.540. The summed E-state index contributed by atoms with van der Waals surface area (Å²) in [6, 6.07) is 0. The summed E-state index contributed by atoms with van der Waals surface area (Å²) >= 11 is 0. The molecule has 0 unspecified atom stereocenters. The number of aromatic nitrogens is 2. The van der Waals surface area contributed by atoms with E-state index in [-0.39, 0.29) is 5.69 Å². The SMILES string of the molecule is Cc1[nH]c(F)nc1F.